The highest BCUT2D eigenvalue weighted by atomic mass is 16.2. The number of hydrogen-bond donors (Lipinski definition) is 1. The lowest BCUT2D eigenvalue weighted by atomic mass is 10.0. The van der Waals surface area contributed by atoms with Crippen molar-refractivity contribution in [2.24, 2.45) is 0 Å². The van der Waals surface area contributed by atoms with Gasteiger partial charge >= 0.3 is 0 Å². The van der Waals surface area contributed by atoms with E-state index in [-0.39, 0.29) is 25.6 Å². The lowest BCUT2D eigenvalue weighted by Gasteiger charge is -2.17. The van der Waals surface area contributed by atoms with Gasteiger partial charge in [-0.05, 0) is 24.6 Å². The molecule has 1 amide bonds. The van der Waals surface area contributed by atoms with E-state index in [1.54, 1.807) is 25.1 Å². The average Bonchev–Trinajstić information content (AvgIpc) is 2.48. The van der Waals surface area contributed by atoms with E-state index < -0.39 is 0 Å². The summed E-state index contributed by atoms with van der Waals surface area (Å²) in [5, 5.41) is 26.2. The molecule has 0 atom stereocenters. The maximum Gasteiger partial charge on any atom is 0.255 e. The molecule has 5 heteroatoms. The fourth-order valence-electron chi connectivity index (χ4n) is 1.76. The molecule has 0 fully saturated rings. The molecule has 0 aliphatic rings. The number of aliphatic hydroxyl groups excluding tert-OH is 1. The second-order valence-corrected chi connectivity index (χ2v) is 4.23. The highest BCUT2D eigenvalue weighted by molar-refractivity contribution is 5.96. The van der Waals surface area contributed by atoms with Crippen LogP contribution in [0.15, 0.2) is 18.2 Å². The summed E-state index contributed by atoms with van der Waals surface area (Å²) in [5.41, 5.74) is 1.83. The third-order valence-electron chi connectivity index (χ3n) is 2.83. The number of rotatable bonds is 4. The Morgan fingerprint density at radius 1 is 1.29 bits per heavy atom. The number of aliphatic hydroxyl groups is 1. The molecule has 1 N–H and O–H groups in total. The normalized spacial score (nSPS) is 8.95. The molecule has 0 spiro atoms. The zero-order valence-corrected chi connectivity index (χ0v) is 11.8. The van der Waals surface area contributed by atoms with Crippen LogP contribution in [0.25, 0.3) is 0 Å². The maximum absolute atomic E-state index is 12.4. The number of carbonyl (C=O) groups is 1. The van der Waals surface area contributed by atoms with Gasteiger partial charge in [-0.3, -0.25) is 4.79 Å². The van der Waals surface area contributed by atoms with Gasteiger partial charge < -0.3 is 10.0 Å². The molecule has 0 unspecified atom stereocenters. The van der Waals surface area contributed by atoms with Crippen LogP contribution in [0, 0.1) is 41.4 Å². The first kappa shape index (κ1) is 16.2. The van der Waals surface area contributed by atoms with Crippen molar-refractivity contribution in [2.45, 2.75) is 13.3 Å². The second kappa shape index (κ2) is 8.38. The Balaban J connectivity index is 3.11. The summed E-state index contributed by atoms with van der Waals surface area (Å²) in [6.07, 6.45) is 0.368. The number of carbonyl (C=O) groups excluding carboxylic acids is 1. The molecule has 0 aliphatic carbocycles. The van der Waals surface area contributed by atoms with Crippen LogP contribution < -0.4 is 0 Å². The SMILES string of the molecule is Cc1c(C#CCCO)cccc1C(=O)N(CC#N)CC#N. The summed E-state index contributed by atoms with van der Waals surface area (Å²) >= 11 is 0. The molecule has 0 saturated carbocycles. The first-order valence-electron chi connectivity index (χ1n) is 6.38. The summed E-state index contributed by atoms with van der Waals surface area (Å²) in [4.78, 5) is 13.6. The molecular weight excluding hydrogens is 266 g/mol. The Labute approximate surface area is 124 Å². The Morgan fingerprint density at radius 3 is 2.52 bits per heavy atom. The van der Waals surface area contributed by atoms with Crippen LogP contribution in [0.1, 0.15) is 27.9 Å². The lowest BCUT2D eigenvalue weighted by molar-refractivity contribution is 0.0794. The van der Waals surface area contributed by atoms with Gasteiger partial charge in [-0.1, -0.05) is 17.9 Å². The highest BCUT2D eigenvalue weighted by Gasteiger charge is 2.18. The first-order valence-corrected chi connectivity index (χ1v) is 6.38. The molecule has 0 bridgehead atoms. The van der Waals surface area contributed by atoms with Crippen molar-refractivity contribution in [1.29, 1.82) is 10.5 Å². The van der Waals surface area contributed by atoms with Gasteiger partial charge in [0.1, 0.15) is 13.1 Å². The van der Waals surface area contributed by atoms with Gasteiger partial charge in [-0.25, -0.2) is 0 Å². The van der Waals surface area contributed by atoms with Gasteiger partial charge in [0.2, 0.25) is 0 Å². The van der Waals surface area contributed by atoms with Crippen molar-refractivity contribution >= 4 is 5.91 Å². The van der Waals surface area contributed by atoms with E-state index >= 15 is 0 Å². The first-order chi connectivity index (χ1) is 10.2. The molecule has 106 valence electrons. The molecule has 0 aromatic heterocycles. The number of hydrogen-bond acceptors (Lipinski definition) is 4. The number of benzene rings is 1. The van der Waals surface area contributed by atoms with Crippen molar-refractivity contribution in [3.63, 3.8) is 0 Å². The lowest BCUT2D eigenvalue weighted by Crippen LogP contribution is -2.32. The van der Waals surface area contributed by atoms with E-state index in [1.165, 1.54) is 4.90 Å². The van der Waals surface area contributed by atoms with Crippen LogP contribution in [-0.2, 0) is 0 Å². The van der Waals surface area contributed by atoms with E-state index in [0.29, 0.717) is 23.1 Å². The average molecular weight is 281 g/mol. The molecule has 21 heavy (non-hydrogen) atoms. The van der Waals surface area contributed by atoms with E-state index in [9.17, 15) is 4.79 Å². The summed E-state index contributed by atoms with van der Waals surface area (Å²) in [7, 11) is 0. The fourth-order valence-corrected chi connectivity index (χ4v) is 1.76. The van der Waals surface area contributed by atoms with Gasteiger partial charge in [0.25, 0.3) is 5.91 Å². The molecule has 1 aromatic rings. The van der Waals surface area contributed by atoms with Crippen molar-refractivity contribution in [2.75, 3.05) is 19.7 Å². The molecule has 0 aliphatic heterocycles. The molecule has 0 saturated heterocycles. The van der Waals surface area contributed by atoms with E-state index in [4.69, 9.17) is 15.6 Å². The van der Waals surface area contributed by atoms with Crippen LogP contribution in [0.4, 0.5) is 0 Å². The molecule has 1 aromatic carbocycles. The minimum Gasteiger partial charge on any atom is -0.395 e. The third kappa shape index (κ3) is 4.35. The van der Waals surface area contributed by atoms with Crippen molar-refractivity contribution in [3.8, 4) is 24.0 Å². The van der Waals surface area contributed by atoms with Crippen LogP contribution in [0.5, 0.6) is 0 Å². The van der Waals surface area contributed by atoms with Gasteiger partial charge in [0.15, 0.2) is 0 Å². The zero-order chi connectivity index (χ0) is 15.7. The van der Waals surface area contributed by atoms with Gasteiger partial charge in [-0.2, -0.15) is 10.5 Å². The van der Waals surface area contributed by atoms with Crippen LogP contribution in [0.3, 0.4) is 0 Å². The molecular formula is C16H15N3O2. The quantitative estimate of drug-likeness (QED) is 0.664. The summed E-state index contributed by atoms with van der Waals surface area (Å²) < 4.78 is 0. The predicted octanol–water partition coefficient (Wildman–Crippen LogP) is 1.22. The largest absolute Gasteiger partial charge is 0.395 e. The van der Waals surface area contributed by atoms with Crippen LogP contribution >= 0.6 is 0 Å². The van der Waals surface area contributed by atoms with Gasteiger partial charge in [0.05, 0.1) is 18.7 Å². The summed E-state index contributed by atoms with van der Waals surface area (Å²) in [5.74, 6) is 5.35. The minimum absolute atomic E-state index is 0.0111. The standard InChI is InChI=1S/C16H15N3O2/c1-13-14(5-2-3-12-20)6-4-7-15(13)16(21)19(10-8-17)11-9-18/h4,6-7,20H,3,10-12H2,1H3. The third-order valence-corrected chi connectivity index (χ3v) is 2.83. The zero-order valence-electron chi connectivity index (χ0n) is 11.8. The van der Waals surface area contributed by atoms with Gasteiger partial charge in [-0.15, -0.1) is 0 Å². The van der Waals surface area contributed by atoms with E-state index in [0.717, 1.165) is 0 Å². The molecule has 0 heterocycles. The van der Waals surface area contributed by atoms with Crippen molar-refractivity contribution < 1.29 is 9.90 Å². The van der Waals surface area contributed by atoms with Gasteiger partial charge in [0, 0.05) is 17.5 Å². The monoisotopic (exact) mass is 281 g/mol. The Morgan fingerprint density at radius 2 is 1.95 bits per heavy atom. The number of nitrogens with zero attached hydrogens (tertiary/aromatic N) is 3. The summed E-state index contributed by atoms with van der Waals surface area (Å²) in [6, 6.07) is 8.90. The maximum atomic E-state index is 12.4. The van der Waals surface area contributed by atoms with Crippen LogP contribution in [0.2, 0.25) is 0 Å². The smallest absolute Gasteiger partial charge is 0.255 e. The summed E-state index contributed by atoms with van der Waals surface area (Å²) in [6.45, 7) is 1.49. The predicted molar refractivity (Wildman–Crippen MR) is 76.9 cm³/mol. The Bertz CT molecular complexity index is 641. The second-order valence-electron chi connectivity index (χ2n) is 4.23. The van der Waals surface area contributed by atoms with Crippen LogP contribution in [-0.4, -0.2) is 35.6 Å². The Kier molecular flexibility index (Phi) is 6.48. The minimum atomic E-state index is -0.360. The molecule has 5 nitrogen and oxygen atoms in total. The van der Waals surface area contributed by atoms with E-state index in [1.807, 2.05) is 12.1 Å². The number of amides is 1. The molecule has 1 rings (SSSR count). The topological polar surface area (TPSA) is 88.1 Å². The van der Waals surface area contributed by atoms with Crippen molar-refractivity contribution in [3.05, 3.63) is 34.9 Å². The van der Waals surface area contributed by atoms with Crippen molar-refractivity contribution in [1.82, 2.24) is 4.90 Å². The Hall–Kier alpha value is -2.81. The molecule has 0 radical (unpaired) electrons. The highest BCUT2D eigenvalue weighted by Crippen LogP contribution is 2.15. The fraction of sp³-hybridized carbons (Fsp3) is 0.312. The van der Waals surface area contributed by atoms with E-state index in [2.05, 4.69) is 11.8 Å². The number of nitriles is 2.